The number of aryl methyl sites for hydroxylation is 2. The zero-order valence-corrected chi connectivity index (χ0v) is 19.4. The summed E-state index contributed by atoms with van der Waals surface area (Å²) in [6, 6.07) is 19.2. The zero-order chi connectivity index (χ0) is 23.5. The molecule has 2 N–H and O–H groups in total. The van der Waals surface area contributed by atoms with E-state index in [2.05, 4.69) is 17.4 Å². The fraction of sp³-hybridized carbons (Fsp3) is 0.259. The third kappa shape index (κ3) is 5.37. The lowest BCUT2D eigenvalue weighted by atomic mass is 10.0. The number of benzene rings is 3. The molecule has 4 rings (SSSR count). The number of carbonyl (C=O) groups excluding carboxylic acids is 1. The van der Waals surface area contributed by atoms with E-state index in [4.69, 9.17) is 16.3 Å². The molecule has 0 saturated heterocycles. The molecule has 5 nitrogen and oxygen atoms in total. The van der Waals surface area contributed by atoms with Gasteiger partial charge in [0.05, 0.1) is 23.2 Å². The second-order valence-corrected chi connectivity index (χ2v) is 8.90. The van der Waals surface area contributed by atoms with Crippen molar-refractivity contribution in [1.82, 2.24) is 0 Å². The summed E-state index contributed by atoms with van der Waals surface area (Å²) in [4.78, 5) is 24.3. The Morgan fingerprint density at radius 2 is 1.76 bits per heavy atom. The quantitative estimate of drug-likeness (QED) is 0.428. The molecule has 6 heteroatoms. The van der Waals surface area contributed by atoms with E-state index < -0.39 is 5.97 Å². The van der Waals surface area contributed by atoms with Gasteiger partial charge in [-0.25, -0.2) is 0 Å². The van der Waals surface area contributed by atoms with Crippen LogP contribution in [0.2, 0.25) is 5.02 Å². The van der Waals surface area contributed by atoms with Crippen molar-refractivity contribution in [2.24, 2.45) is 5.92 Å². The molecule has 3 aromatic carbocycles. The van der Waals surface area contributed by atoms with Crippen LogP contribution in [0.15, 0.2) is 60.7 Å². The first kappa shape index (κ1) is 22.9. The largest absolute Gasteiger partial charge is 0.493 e. The molecule has 1 amide bonds. The molecule has 1 aliphatic carbocycles. The maximum absolute atomic E-state index is 13.1. The molecule has 170 valence electrons. The van der Waals surface area contributed by atoms with Crippen molar-refractivity contribution in [3.63, 3.8) is 0 Å². The van der Waals surface area contributed by atoms with Gasteiger partial charge in [0.15, 0.2) is 0 Å². The molecule has 1 saturated carbocycles. The summed E-state index contributed by atoms with van der Waals surface area (Å²) < 4.78 is 5.92. The van der Waals surface area contributed by atoms with Crippen LogP contribution in [0.25, 0.3) is 0 Å². The Kier molecular flexibility index (Phi) is 6.70. The van der Waals surface area contributed by atoms with Gasteiger partial charge in [-0.15, -0.1) is 0 Å². The number of anilines is 1. The number of amides is 1. The maximum Gasteiger partial charge on any atom is 0.307 e. The Morgan fingerprint density at radius 1 is 1.06 bits per heavy atom. The molecule has 1 aliphatic rings. The molecule has 0 bridgehead atoms. The van der Waals surface area contributed by atoms with Gasteiger partial charge < -0.3 is 15.2 Å². The second kappa shape index (κ2) is 9.67. The number of ether oxygens (including phenoxy) is 1. The first-order chi connectivity index (χ1) is 15.8. The standard InChI is InChI=1S/C27H26ClNO4/c1-16-12-20(33-11-10-18-6-4-3-5-7-18)13-17(2)25(16)26(30)29-24-14-19(8-9-23(24)28)21-15-22(21)27(31)32/h3-9,12-14,21-22H,10-11,15H2,1-2H3,(H,29,30)(H,31,32)/t21-,22-/m1/s1. The van der Waals surface area contributed by atoms with Gasteiger partial charge in [0.25, 0.3) is 5.91 Å². The number of carboxylic acid groups (broad SMARTS) is 1. The smallest absolute Gasteiger partial charge is 0.307 e. The highest BCUT2D eigenvalue weighted by Gasteiger charge is 2.44. The van der Waals surface area contributed by atoms with E-state index in [1.54, 1.807) is 12.1 Å². The highest BCUT2D eigenvalue weighted by atomic mass is 35.5. The van der Waals surface area contributed by atoms with Crippen LogP contribution in [0.1, 0.15) is 45.0 Å². The molecule has 0 spiro atoms. The number of hydrogen-bond donors (Lipinski definition) is 2. The molecular weight excluding hydrogens is 438 g/mol. The fourth-order valence-corrected chi connectivity index (χ4v) is 4.35. The summed E-state index contributed by atoms with van der Waals surface area (Å²) in [7, 11) is 0. The van der Waals surface area contributed by atoms with E-state index in [9.17, 15) is 14.7 Å². The highest BCUT2D eigenvalue weighted by molar-refractivity contribution is 6.34. The molecule has 33 heavy (non-hydrogen) atoms. The predicted molar refractivity (Wildman–Crippen MR) is 129 cm³/mol. The SMILES string of the molecule is Cc1cc(OCCc2ccccc2)cc(C)c1C(=O)Nc1cc([C@H]2C[C@H]2C(=O)O)ccc1Cl. The number of hydrogen-bond acceptors (Lipinski definition) is 3. The van der Waals surface area contributed by atoms with Crippen LogP contribution in [-0.4, -0.2) is 23.6 Å². The number of carboxylic acids is 1. The minimum Gasteiger partial charge on any atom is -0.493 e. The van der Waals surface area contributed by atoms with Crippen molar-refractivity contribution in [3.05, 3.63) is 93.5 Å². The molecule has 2 atom stereocenters. The van der Waals surface area contributed by atoms with E-state index in [1.165, 1.54) is 5.56 Å². The third-order valence-corrected chi connectivity index (χ3v) is 6.34. The summed E-state index contributed by atoms with van der Waals surface area (Å²) in [5.41, 5.74) is 4.75. The van der Waals surface area contributed by atoms with Gasteiger partial charge in [0.2, 0.25) is 0 Å². The average Bonchev–Trinajstić information content (AvgIpc) is 3.57. The van der Waals surface area contributed by atoms with Crippen LogP contribution in [0.4, 0.5) is 5.69 Å². The van der Waals surface area contributed by atoms with Crippen LogP contribution in [0, 0.1) is 19.8 Å². The van der Waals surface area contributed by atoms with E-state index in [1.807, 2.05) is 50.2 Å². The first-order valence-corrected chi connectivity index (χ1v) is 11.3. The molecule has 0 heterocycles. The Hall–Kier alpha value is -3.31. The number of aliphatic carboxylic acids is 1. The molecule has 1 fully saturated rings. The summed E-state index contributed by atoms with van der Waals surface area (Å²) in [5, 5.41) is 12.5. The number of nitrogens with one attached hydrogen (secondary N) is 1. The van der Waals surface area contributed by atoms with Crippen molar-refractivity contribution in [2.75, 3.05) is 11.9 Å². The summed E-state index contributed by atoms with van der Waals surface area (Å²) >= 11 is 6.31. The van der Waals surface area contributed by atoms with Gasteiger partial charge >= 0.3 is 5.97 Å². The summed E-state index contributed by atoms with van der Waals surface area (Å²) in [6.07, 6.45) is 1.41. The molecule has 3 aromatic rings. The lowest BCUT2D eigenvalue weighted by Gasteiger charge is -2.15. The topological polar surface area (TPSA) is 75.6 Å². The lowest BCUT2D eigenvalue weighted by molar-refractivity contribution is -0.138. The normalized spacial score (nSPS) is 16.8. The maximum atomic E-state index is 13.1. The Balaban J connectivity index is 1.44. The average molecular weight is 464 g/mol. The summed E-state index contributed by atoms with van der Waals surface area (Å²) in [6.45, 7) is 4.31. The van der Waals surface area contributed by atoms with E-state index in [0.717, 1.165) is 28.9 Å². The highest BCUT2D eigenvalue weighted by Crippen LogP contribution is 2.48. The number of carbonyl (C=O) groups is 2. The number of rotatable bonds is 8. The van der Waals surface area contributed by atoms with Crippen molar-refractivity contribution >= 4 is 29.2 Å². The van der Waals surface area contributed by atoms with E-state index in [0.29, 0.717) is 29.3 Å². The van der Waals surface area contributed by atoms with Crippen molar-refractivity contribution < 1.29 is 19.4 Å². The van der Waals surface area contributed by atoms with Gasteiger partial charge in [0, 0.05) is 12.0 Å². The third-order valence-electron chi connectivity index (χ3n) is 6.01. The van der Waals surface area contributed by atoms with Gasteiger partial charge in [-0.1, -0.05) is 48.0 Å². The minimum atomic E-state index is -0.794. The zero-order valence-electron chi connectivity index (χ0n) is 18.6. The van der Waals surface area contributed by atoms with Gasteiger partial charge in [-0.3, -0.25) is 9.59 Å². The molecule has 0 unspecified atom stereocenters. The van der Waals surface area contributed by atoms with Gasteiger partial charge in [0.1, 0.15) is 5.75 Å². The number of halogens is 1. The van der Waals surface area contributed by atoms with Crippen molar-refractivity contribution in [1.29, 1.82) is 0 Å². The predicted octanol–water partition coefficient (Wildman–Crippen LogP) is 6.02. The van der Waals surface area contributed by atoms with Crippen LogP contribution >= 0.6 is 11.6 Å². The molecular formula is C27H26ClNO4. The Morgan fingerprint density at radius 3 is 2.39 bits per heavy atom. The van der Waals surface area contributed by atoms with Crippen LogP contribution in [0.5, 0.6) is 5.75 Å². The monoisotopic (exact) mass is 463 g/mol. The lowest BCUT2D eigenvalue weighted by Crippen LogP contribution is -2.16. The summed E-state index contributed by atoms with van der Waals surface area (Å²) in [5.74, 6) is -0.728. The van der Waals surface area contributed by atoms with Crippen molar-refractivity contribution in [3.8, 4) is 5.75 Å². The Labute approximate surface area is 198 Å². The van der Waals surface area contributed by atoms with E-state index >= 15 is 0 Å². The van der Waals surface area contributed by atoms with E-state index in [-0.39, 0.29) is 17.7 Å². The molecule has 0 aliphatic heterocycles. The minimum absolute atomic E-state index is 0.0359. The fourth-order valence-electron chi connectivity index (χ4n) is 4.19. The second-order valence-electron chi connectivity index (χ2n) is 8.50. The van der Waals surface area contributed by atoms with Crippen molar-refractivity contribution in [2.45, 2.75) is 32.6 Å². The Bertz CT molecular complexity index is 1170. The van der Waals surface area contributed by atoms with Crippen LogP contribution in [-0.2, 0) is 11.2 Å². The van der Waals surface area contributed by atoms with Crippen LogP contribution in [0.3, 0.4) is 0 Å². The van der Waals surface area contributed by atoms with Gasteiger partial charge in [-0.2, -0.15) is 0 Å². The van der Waals surface area contributed by atoms with Gasteiger partial charge in [-0.05, 0) is 72.7 Å². The molecule has 0 radical (unpaired) electrons. The first-order valence-electron chi connectivity index (χ1n) is 10.9. The van der Waals surface area contributed by atoms with Crippen LogP contribution < -0.4 is 10.1 Å². The molecule has 0 aromatic heterocycles.